The second kappa shape index (κ2) is 8.29. The molecular formula is C16H24N2O3. The average Bonchev–Trinajstić information content (AvgIpc) is 2.50. The van der Waals surface area contributed by atoms with Gasteiger partial charge in [-0.15, -0.1) is 0 Å². The van der Waals surface area contributed by atoms with Gasteiger partial charge in [0.2, 0.25) is 5.91 Å². The number of nitrogens with one attached hydrogen (secondary N) is 1. The fourth-order valence-corrected chi connectivity index (χ4v) is 1.98. The van der Waals surface area contributed by atoms with Crippen LogP contribution in [0.2, 0.25) is 0 Å². The summed E-state index contributed by atoms with van der Waals surface area (Å²) in [4.78, 5) is 23.7. The topological polar surface area (TPSA) is 81.4 Å². The number of nitrogen functional groups attached to an aromatic ring is 1. The Balaban J connectivity index is 2.53. The number of nitrogens with two attached hydrogens (primary N) is 1. The van der Waals surface area contributed by atoms with Crippen LogP contribution in [-0.4, -0.2) is 25.0 Å². The fourth-order valence-electron chi connectivity index (χ4n) is 1.98. The van der Waals surface area contributed by atoms with Crippen molar-refractivity contribution in [3.05, 3.63) is 29.8 Å². The Bertz CT molecular complexity index is 471. The molecule has 0 saturated heterocycles. The SMILES string of the molecule is CCC(C)C(NC(=O)CCc1ccc(N)cc1)C(=O)OC. The fraction of sp³-hybridized carbons (Fsp3) is 0.500. The standard InChI is InChI=1S/C16H24N2O3/c1-4-11(2)15(16(20)21-3)18-14(19)10-7-12-5-8-13(17)9-6-12/h5-6,8-9,11,15H,4,7,10,17H2,1-3H3,(H,18,19). The van der Waals surface area contributed by atoms with Crippen LogP contribution in [-0.2, 0) is 20.7 Å². The second-order valence-corrected chi connectivity index (χ2v) is 5.20. The normalized spacial score (nSPS) is 13.3. The van der Waals surface area contributed by atoms with Gasteiger partial charge in [0.05, 0.1) is 7.11 Å². The van der Waals surface area contributed by atoms with Gasteiger partial charge in [-0.2, -0.15) is 0 Å². The van der Waals surface area contributed by atoms with Crippen LogP contribution in [0.3, 0.4) is 0 Å². The summed E-state index contributed by atoms with van der Waals surface area (Å²) in [6.07, 6.45) is 1.73. The third-order valence-corrected chi connectivity index (χ3v) is 3.61. The number of rotatable bonds is 7. The monoisotopic (exact) mass is 292 g/mol. The molecule has 5 heteroatoms. The van der Waals surface area contributed by atoms with Crippen LogP contribution in [0.15, 0.2) is 24.3 Å². The minimum atomic E-state index is -0.584. The molecule has 3 N–H and O–H groups in total. The number of carbonyl (C=O) groups is 2. The van der Waals surface area contributed by atoms with E-state index in [2.05, 4.69) is 5.32 Å². The molecule has 1 rings (SSSR count). The largest absolute Gasteiger partial charge is 0.467 e. The smallest absolute Gasteiger partial charge is 0.328 e. The van der Waals surface area contributed by atoms with Crippen LogP contribution in [0, 0.1) is 5.92 Å². The number of aryl methyl sites for hydroxylation is 1. The van der Waals surface area contributed by atoms with Crippen molar-refractivity contribution < 1.29 is 14.3 Å². The van der Waals surface area contributed by atoms with Crippen molar-refractivity contribution in [3.8, 4) is 0 Å². The quantitative estimate of drug-likeness (QED) is 0.594. The molecule has 0 saturated carbocycles. The number of esters is 1. The number of anilines is 1. The Morgan fingerprint density at radius 1 is 1.29 bits per heavy atom. The van der Waals surface area contributed by atoms with Crippen LogP contribution >= 0.6 is 0 Å². The Labute approximate surface area is 125 Å². The van der Waals surface area contributed by atoms with Gasteiger partial charge in [-0.1, -0.05) is 32.4 Å². The summed E-state index contributed by atoms with van der Waals surface area (Å²) in [5.41, 5.74) is 7.35. The second-order valence-electron chi connectivity index (χ2n) is 5.20. The zero-order chi connectivity index (χ0) is 15.8. The molecule has 1 aromatic carbocycles. The molecule has 0 spiro atoms. The van der Waals surface area contributed by atoms with Gasteiger partial charge in [-0.3, -0.25) is 4.79 Å². The zero-order valence-electron chi connectivity index (χ0n) is 12.9. The van der Waals surface area contributed by atoms with Crippen molar-refractivity contribution >= 4 is 17.6 Å². The molecule has 5 nitrogen and oxygen atoms in total. The summed E-state index contributed by atoms with van der Waals surface area (Å²) in [5.74, 6) is -0.509. The summed E-state index contributed by atoms with van der Waals surface area (Å²) >= 11 is 0. The molecule has 116 valence electrons. The van der Waals surface area contributed by atoms with Gasteiger partial charge in [0, 0.05) is 12.1 Å². The van der Waals surface area contributed by atoms with Gasteiger partial charge in [0.25, 0.3) is 0 Å². The Hall–Kier alpha value is -2.04. The molecule has 0 heterocycles. The third kappa shape index (κ3) is 5.45. The molecule has 0 aromatic heterocycles. The summed E-state index contributed by atoms with van der Waals surface area (Å²) in [6.45, 7) is 3.89. The highest BCUT2D eigenvalue weighted by Gasteiger charge is 2.26. The molecule has 0 aliphatic carbocycles. The average molecular weight is 292 g/mol. The molecule has 1 amide bonds. The molecule has 0 fully saturated rings. The first-order valence-corrected chi connectivity index (χ1v) is 7.19. The van der Waals surface area contributed by atoms with E-state index in [0.29, 0.717) is 18.5 Å². The Kier molecular flexibility index (Phi) is 6.72. The van der Waals surface area contributed by atoms with E-state index < -0.39 is 12.0 Å². The molecule has 0 bridgehead atoms. The molecule has 0 radical (unpaired) electrons. The molecule has 2 atom stereocenters. The number of amides is 1. The molecule has 21 heavy (non-hydrogen) atoms. The third-order valence-electron chi connectivity index (χ3n) is 3.61. The highest BCUT2D eigenvalue weighted by atomic mass is 16.5. The molecule has 0 aliphatic heterocycles. The maximum Gasteiger partial charge on any atom is 0.328 e. The van der Waals surface area contributed by atoms with E-state index in [1.165, 1.54) is 7.11 Å². The predicted molar refractivity (Wildman–Crippen MR) is 82.6 cm³/mol. The first kappa shape index (κ1) is 17.0. The van der Waals surface area contributed by atoms with Crippen molar-refractivity contribution in [1.29, 1.82) is 0 Å². The van der Waals surface area contributed by atoms with Gasteiger partial charge >= 0.3 is 5.97 Å². The Morgan fingerprint density at radius 2 is 1.90 bits per heavy atom. The molecule has 1 aromatic rings. The number of ether oxygens (including phenoxy) is 1. The van der Waals surface area contributed by atoms with Crippen LogP contribution in [0.1, 0.15) is 32.3 Å². The highest BCUT2D eigenvalue weighted by Crippen LogP contribution is 2.11. The van der Waals surface area contributed by atoms with E-state index >= 15 is 0 Å². The number of carbonyl (C=O) groups excluding carboxylic acids is 2. The molecule has 2 unspecified atom stereocenters. The molecular weight excluding hydrogens is 268 g/mol. The van der Waals surface area contributed by atoms with E-state index in [0.717, 1.165) is 12.0 Å². The Morgan fingerprint density at radius 3 is 2.43 bits per heavy atom. The highest BCUT2D eigenvalue weighted by molar-refractivity contribution is 5.84. The van der Waals surface area contributed by atoms with Gasteiger partial charge in [-0.05, 0) is 30.0 Å². The van der Waals surface area contributed by atoms with Crippen LogP contribution in [0.4, 0.5) is 5.69 Å². The first-order chi connectivity index (χ1) is 9.97. The lowest BCUT2D eigenvalue weighted by Gasteiger charge is -2.21. The molecule has 0 aliphatic rings. The predicted octanol–water partition coefficient (Wildman–Crippen LogP) is 1.91. The minimum absolute atomic E-state index is 0.0397. The maximum atomic E-state index is 12.0. The lowest BCUT2D eigenvalue weighted by atomic mass is 9.99. The van der Waals surface area contributed by atoms with E-state index in [9.17, 15) is 9.59 Å². The van der Waals surface area contributed by atoms with E-state index in [-0.39, 0.29) is 11.8 Å². The first-order valence-electron chi connectivity index (χ1n) is 7.19. The van der Waals surface area contributed by atoms with Gasteiger partial charge in [0.15, 0.2) is 0 Å². The van der Waals surface area contributed by atoms with Crippen LogP contribution < -0.4 is 11.1 Å². The van der Waals surface area contributed by atoms with Gasteiger partial charge in [-0.25, -0.2) is 4.79 Å². The van der Waals surface area contributed by atoms with Crippen molar-refractivity contribution in [2.75, 3.05) is 12.8 Å². The summed E-state index contributed by atoms with van der Waals surface area (Å²) < 4.78 is 4.74. The van der Waals surface area contributed by atoms with E-state index in [1.54, 1.807) is 0 Å². The van der Waals surface area contributed by atoms with Crippen molar-refractivity contribution in [1.82, 2.24) is 5.32 Å². The van der Waals surface area contributed by atoms with Crippen molar-refractivity contribution in [2.24, 2.45) is 5.92 Å². The van der Waals surface area contributed by atoms with E-state index in [1.807, 2.05) is 38.1 Å². The summed E-state index contributed by atoms with van der Waals surface area (Å²) in [6, 6.07) is 6.83. The number of hydrogen-bond acceptors (Lipinski definition) is 4. The summed E-state index contributed by atoms with van der Waals surface area (Å²) in [7, 11) is 1.33. The van der Waals surface area contributed by atoms with Gasteiger partial charge in [0.1, 0.15) is 6.04 Å². The number of benzene rings is 1. The van der Waals surface area contributed by atoms with Crippen molar-refractivity contribution in [2.45, 2.75) is 39.2 Å². The maximum absolute atomic E-state index is 12.0. The lowest BCUT2D eigenvalue weighted by Crippen LogP contribution is -2.45. The summed E-state index contributed by atoms with van der Waals surface area (Å²) in [5, 5.41) is 2.76. The lowest BCUT2D eigenvalue weighted by molar-refractivity contribution is -0.146. The van der Waals surface area contributed by atoms with Crippen LogP contribution in [0.5, 0.6) is 0 Å². The number of hydrogen-bond donors (Lipinski definition) is 2. The number of methoxy groups -OCH3 is 1. The van der Waals surface area contributed by atoms with Gasteiger partial charge < -0.3 is 15.8 Å². The van der Waals surface area contributed by atoms with Crippen LogP contribution in [0.25, 0.3) is 0 Å². The minimum Gasteiger partial charge on any atom is -0.467 e. The zero-order valence-corrected chi connectivity index (χ0v) is 12.9. The van der Waals surface area contributed by atoms with Crippen molar-refractivity contribution in [3.63, 3.8) is 0 Å². The van der Waals surface area contributed by atoms with E-state index in [4.69, 9.17) is 10.5 Å².